The molecule has 2 aromatic carbocycles. The summed E-state index contributed by atoms with van der Waals surface area (Å²) in [6, 6.07) is 16.8. The Balaban J connectivity index is 1.51. The Morgan fingerprint density at radius 1 is 1.04 bits per heavy atom. The number of amides is 1. The number of benzene rings is 2. The predicted octanol–water partition coefficient (Wildman–Crippen LogP) is 3.03. The van der Waals surface area contributed by atoms with Crippen molar-refractivity contribution in [2.75, 3.05) is 19.6 Å². The van der Waals surface area contributed by atoms with E-state index < -0.39 is 0 Å². The van der Waals surface area contributed by atoms with Gasteiger partial charge in [0.05, 0.1) is 12.8 Å². The van der Waals surface area contributed by atoms with Crippen LogP contribution in [-0.4, -0.2) is 30.4 Å². The minimum absolute atomic E-state index is 0.112. The summed E-state index contributed by atoms with van der Waals surface area (Å²) in [6.45, 7) is 2.94. The average Bonchev–Trinajstić information content (AvgIpc) is 3.03. The van der Waals surface area contributed by atoms with Gasteiger partial charge >= 0.3 is 0 Å². The van der Waals surface area contributed by atoms with E-state index in [2.05, 4.69) is 46.6 Å². The maximum atomic E-state index is 11.4. The third-order valence-corrected chi connectivity index (χ3v) is 4.26. The van der Waals surface area contributed by atoms with E-state index in [1.165, 1.54) is 16.7 Å². The molecule has 0 saturated carbocycles. The summed E-state index contributed by atoms with van der Waals surface area (Å²) in [7, 11) is 0. The summed E-state index contributed by atoms with van der Waals surface area (Å²) in [5, 5.41) is 3.97. The number of nitrogens with zero attached hydrogens (tertiary/aromatic N) is 1. The van der Waals surface area contributed by atoms with Crippen LogP contribution in [0.25, 0.3) is 22.1 Å². The van der Waals surface area contributed by atoms with Gasteiger partial charge < -0.3 is 9.73 Å². The first-order chi connectivity index (χ1) is 11.3. The molecule has 2 heterocycles. The zero-order chi connectivity index (χ0) is 15.6. The van der Waals surface area contributed by atoms with Crippen LogP contribution < -0.4 is 5.32 Å². The lowest BCUT2D eigenvalue weighted by molar-refractivity contribution is -0.124. The topological polar surface area (TPSA) is 45.5 Å². The molecule has 1 aromatic heterocycles. The predicted molar refractivity (Wildman–Crippen MR) is 89.9 cm³/mol. The van der Waals surface area contributed by atoms with Crippen molar-refractivity contribution in [1.82, 2.24) is 10.2 Å². The summed E-state index contributed by atoms with van der Waals surface area (Å²) in [5.41, 5.74) is 4.51. The number of hydrogen-bond acceptors (Lipinski definition) is 3. The summed E-state index contributed by atoms with van der Waals surface area (Å²) >= 11 is 0. The maximum absolute atomic E-state index is 11.4. The van der Waals surface area contributed by atoms with E-state index in [0.29, 0.717) is 6.54 Å². The van der Waals surface area contributed by atoms with Crippen LogP contribution in [-0.2, 0) is 11.3 Å². The van der Waals surface area contributed by atoms with Crippen molar-refractivity contribution in [2.45, 2.75) is 6.54 Å². The van der Waals surface area contributed by atoms with Crippen LogP contribution in [0, 0.1) is 0 Å². The molecule has 4 nitrogen and oxygen atoms in total. The van der Waals surface area contributed by atoms with E-state index in [9.17, 15) is 4.79 Å². The van der Waals surface area contributed by atoms with Crippen molar-refractivity contribution in [3.8, 4) is 11.1 Å². The number of hydrogen-bond donors (Lipinski definition) is 1. The van der Waals surface area contributed by atoms with Gasteiger partial charge in [0.2, 0.25) is 5.91 Å². The Labute approximate surface area is 134 Å². The molecule has 3 aromatic rings. The van der Waals surface area contributed by atoms with Crippen molar-refractivity contribution in [3.05, 3.63) is 60.4 Å². The van der Waals surface area contributed by atoms with Gasteiger partial charge in [-0.2, -0.15) is 0 Å². The normalized spacial score (nSPS) is 15.7. The molecule has 0 radical (unpaired) electrons. The van der Waals surface area contributed by atoms with Crippen molar-refractivity contribution >= 4 is 16.9 Å². The van der Waals surface area contributed by atoms with Crippen molar-refractivity contribution in [3.63, 3.8) is 0 Å². The molecule has 116 valence electrons. The van der Waals surface area contributed by atoms with Crippen LogP contribution >= 0.6 is 0 Å². The van der Waals surface area contributed by atoms with Gasteiger partial charge in [0.25, 0.3) is 0 Å². The van der Waals surface area contributed by atoms with Gasteiger partial charge in [-0.05, 0) is 34.9 Å². The Hall–Kier alpha value is -2.59. The zero-order valence-electron chi connectivity index (χ0n) is 12.8. The SMILES string of the molecule is O=C1CN(Cc2ccc(-c3ccc4occc4c3)cc2)CCN1. The number of rotatable bonds is 3. The molecule has 0 unspecified atom stereocenters. The quantitative estimate of drug-likeness (QED) is 0.809. The second-order valence-electron chi connectivity index (χ2n) is 5.93. The minimum atomic E-state index is 0.112. The summed E-state index contributed by atoms with van der Waals surface area (Å²) in [5.74, 6) is 0.112. The van der Waals surface area contributed by atoms with E-state index in [-0.39, 0.29) is 5.91 Å². The highest BCUT2D eigenvalue weighted by Gasteiger charge is 2.15. The summed E-state index contributed by atoms with van der Waals surface area (Å²) < 4.78 is 5.38. The lowest BCUT2D eigenvalue weighted by Crippen LogP contribution is -2.47. The molecule has 0 atom stereocenters. The summed E-state index contributed by atoms with van der Waals surface area (Å²) in [4.78, 5) is 13.6. The fourth-order valence-corrected chi connectivity index (χ4v) is 3.03. The second kappa shape index (κ2) is 5.89. The van der Waals surface area contributed by atoms with Gasteiger partial charge in [0.1, 0.15) is 5.58 Å². The number of furan rings is 1. The molecule has 1 amide bonds. The van der Waals surface area contributed by atoms with Crippen LogP contribution in [0.5, 0.6) is 0 Å². The van der Waals surface area contributed by atoms with Crippen LogP contribution in [0.15, 0.2) is 59.2 Å². The third-order valence-electron chi connectivity index (χ3n) is 4.26. The number of nitrogens with one attached hydrogen (secondary N) is 1. The Morgan fingerprint density at radius 2 is 1.87 bits per heavy atom. The standard InChI is InChI=1S/C19H18N2O2/c22-19-13-21(9-8-20-19)12-14-1-3-15(4-2-14)16-5-6-18-17(11-16)7-10-23-18/h1-7,10-11H,8-9,12-13H2,(H,20,22). The first-order valence-electron chi connectivity index (χ1n) is 7.83. The van der Waals surface area contributed by atoms with Gasteiger partial charge in [0, 0.05) is 25.0 Å². The Morgan fingerprint density at radius 3 is 2.70 bits per heavy atom. The fourth-order valence-electron chi connectivity index (χ4n) is 3.03. The molecule has 1 aliphatic rings. The first-order valence-corrected chi connectivity index (χ1v) is 7.83. The van der Waals surface area contributed by atoms with Gasteiger partial charge in [-0.1, -0.05) is 30.3 Å². The number of carbonyl (C=O) groups excluding carboxylic acids is 1. The molecule has 1 aliphatic heterocycles. The molecule has 4 heteroatoms. The van der Waals surface area contributed by atoms with Crippen molar-refractivity contribution < 1.29 is 9.21 Å². The third kappa shape index (κ3) is 2.98. The molecule has 1 fully saturated rings. The zero-order valence-corrected chi connectivity index (χ0v) is 12.8. The Bertz CT molecular complexity index is 836. The van der Waals surface area contributed by atoms with Crippen LogP contribution in [0.1, 0.15) is 5.56 Å². The number of fused-ring (bicyclic) bond motifs is 1. The second-order valence-corrected chi connectivity index (χ2v) is 5.93. The fraction of sp³-hybridized carbons (Fsp3) is 0.211. The molecular formula is C19H18N2O2. The average molecular weight is 306 g/mol. The lowest BCUT2D eigenvalue weighted by atomic mass is 10.0. The maximum Gasteiger partial charge on any atom is 0.234 e. The highest BCUT2D eigenvalue weighted by atomic mass is 16.3. The highest BCUT2D eigenvalue weighted by Crippen LogP contribution is 2.25. The smallest absolute Gasteiger partial charge is 0.234 e. The molecule has 4 rings (SSSR count). The van der Waals surface area contributed by atoms with E-state index in [0.717, 1.165) is 30.6 Å². The van der Waals surface area contributed by atoms with Gasteiger partial charge in [-0.15, -0.1) is 0 Å². The molecule has 0 spiro atoms. The largest absolute Gasteiger partial charge is 0.464 e. The molecule has 0 aliphatic carbocycles. The molecule has 1 saturated heterocycles. The minimum Gasteiger partial charge on any atom is -0.464 e. The lowest BCUT2D eigenvalue weighted by Gasteiger charge is -2.26. The van der Waals surface area contributed by atoms with Gasteiger partial charge in [0.15, 0.2) is 0 Å². The summed E-state index contributed by atoms with van der Waals surface area (Å²) in [6.07, 6.45) is 1.71. The monoisotopic (exact) mass is 306 g/mol. The molecular weight excluding hydrogens is 288 g/mol. The van der Waals surface area contributed by atoms with E-state index in [1.54, 1.807) is 6.26 Å². The first kappa shape index (κ1) is 14.0. The number of piperazine rings is 1. The van der Waals surface area contributed by atoms with Gasteiger partial charge in [-0.25, -0.2) is 0 Å². The Kier molecular flexibility index (Phi) is 3.60. The molecule has 1 N–H and O–H groups in total. The van der Waals surface area contributed by atoms with Crippen LogP contribution in [0.2, 0.25) is 0 Å². The van der Waals surface area contributed by atoms with Crippen LogP contribution in [0.4, 0.5) is 0 Å². The van der Waals surface area contributed by atoms with Crippen molar-refractivity contribution in [1.29, 1.82) is 0 Å². The van der Waals surface area contributed by atoms with E-state index in [1.807, 2.05) is 12.1 Å². The molecule has 23 heavy (non-hydrogen) atoms. The van der Waals surface area contributed by atoms with Crippen LogP contribution in [0.3, 0.4) is 0 Å². The highest BCUT2D eigenvalue weighted by molar-refractivity contribution is 5.83. The molecule has 0 bridgehead atoms. The van der Waals surface area contributed by atoms with E-state index in [4.69, 9.17) is 4.42 Å². The van der Waals surface area contributed by atoms with Gasteiger partial charge in [-0.3, -0.25) is 9.69 Å². The van der Waals surface area contributed by atoms with E-state index >= 15 is 0 Å². The van der Waals surface area contributed by atoms with Crippen molar-refractivity contribution in [2.24, 2.45) is 0 Å². The number of carbonyl (C=O) groups is 1.